The molecule has 3 aromatic rings. The Balaban J connectivity index is 1.67. The van der Waals surface area contributed by atoms with Gasteiger partial charge in [-0.05, 0) is 37.5 Å². The topological polar surface area (TPSA) is 70.6 Å². The third kappa shape index (κ3) is 4.93. The first-order valence-electron chi connectivity index (χ1n) is 11.0. The third-order valence-electron chi connectivity index (χ3n) is 5.74. The van der Waals surface area contributed by atoms with Gasteiger partial charge < -0.3 is 0 Å². The molecule has 0 bridgehead atoms. The minimum Gasteiger partial charge on any atom is -0.280 e. The highest BCUT2D eigenvalue weighted by Gasteiger charge is 2.28. The van der Waals surface area contributed by atoms with Crippen molar-refractivity contribution in [2.24, 2.45) is 0 Å². The van der Waals surface area contributed by atoms with Gasteiger partial charge >= 0.3 is 0 Å². The second-order valence-corrected chi connectivity index (χ2v) is 10.8. The average molecular weight is 482 g/mol. The first-order valence-corrected chi connectivity index (χ1v) is 13.3. The van der Waals surface area contributed by atoms with Crippen molar-refractivity contribution in [3.63, 3.8) is 0 Å². The highest BCUT2D eigenvalue weighted by molar-refractivity contribution is 7.89. The Hall–Kier alpha value is -2.81. The van der Waals surface area contributed by atoms with E-state index < -0.39 is 10.0 Å². The van der Waals surface area contributed by atoms with Gasteiger partial charge in [0, 0.05) is 36.1 Å². The molecule has 4 rings (SSSR count). The van der Waals surface area contributed by atoms with E-state index in [1.165, 1.54) is 21.7 Å². The van der Waals surface area contributed by atoms with E-state index in [1.54, 1.807) is 23.1 Å². The number of carbonyl (C=O) groups is 1. The van der Waals surface area contributed by atoms with Crippen LogP contribution in [0.4, 0.5) is 5.13 Å². The molecular formula is C25H27N3O3S2. The maximum Gasteiger partial charge on any atom is 0.260 e. The molecule has 0 atom stereocenters. The average Bonchev–Trinajstić information content (AvgIpc) is 3.33. The molecule has 172 valence electrons. The number of rotatable bonds is 7. The van der Waals surface area contributed by atoms with Gasteiger partial charge in [0.1, 0.15) is 0 Å². The highest BCUT2D eigenvalue weighted by Crippen LogP contribution is 2.30. The van der Waals surface area contributed by atoms with E-state index in [0.717, 1.165) is 30.5 Å². The summed E-state index contributed by atoms with van der Waals surface area (Å²) in [4.78, 5) is 20.0. The fourth-order valence-electron chi connectivity index (χ4n) is 3.90. The van der Waals surface area contributed by atoms with E-state index in [4.69, 9.17) is 0 Å². The van der Waals surface area contributed by atoms with Crippen molar-refractivity contribution in [3.05, 3.63) is 77.7 Å². The zero-order valence-corrected chi connectivity index (χ0v) is 20.2. The molecule has 0 unspecified atom stereocenters. The number of thiazole rings is 1. The Labute approximate surface area is 199 Å². The zero-order chi connectivity index (χ0) is 23.4. The summed E-state index contributed by atoms with van der Waals surface area (Å²) >= 11 is 1.37. The van der Waals surface area contributed by atoms with Gasteiger partial charge in [0.25, 0.3) is 5.91 Å². The van der Waals surface area contributed by atoms with Gasteiger partial charge in [0.15, 0.2) is 5.13 Å². The number of amides is 1. The van der Waals surface area contributed by atoms with Crippen LogP contribution in [0.3, 0.4) is 0 Å². The molecule has 0 spiro atoms. The lowest BCUT2D eigenvalue weighted by atomic mass is 10.1. The number of nitrogens with zero attached hydrogens (tertiary/aromatic N) is 3. The Morgan fingerprint density at radius 1 is 1.15 bits per heavy atom. The molecule has 8 heteroatoms. The summed E-state index contributed by atoms with van der Waals surface area (Å²) in [6.45, 7) is 6.90. The lowest BCUT2D eigenvalue weighted by Gasteiger charge is -2.26. The number of sulfonamides is 1. The summed E-state index contributed by atoms with van der Waals surface area (Å²) in [5.74, 6) is -0.294. The van der Waals surface area contributed by atoms with Crippen molar-refractivity contribution in [3.8, 4) is 11.3 Å². The SMILES string of the molecule is C=CCN(C(=O)c1cc(S(=O)(=O)N2CCCCC2)ccc1C)c1nc(-c2ccccc2)cs1. The van der Waals surface area contributed by atoms with E-state index in [1.807, 2.05) is 42.6 Å². The predicted molar refractivity (Wildman–Crippen MR) is 133 cm³/mol. The van der Waals surface area contributed by atoms with Crippen molar-refractivity contribution < 1.29 is 13.2 Å². The molecule has 2 heterocycles. The van der Waals surface area contributed by atoms with E-state index in [-0.39, 0.29) is 17.3 Å². The molecular weight excluding hydrogens is 454 g/mol. The van der Waals surface area contributed by atoms with Crippen molar-refractivity contribution in [1.82, 2.24) is 9.29 Å². The predicted octanol–water partition coefficient (Wildman–Crippen LogP) is 5.13. The summed E-state index contributed by atoms with van der Waals surface area (Å²) in [5.41, 5.74) is 2.82. The van der Waals surface area contributed by atoms with Crippen LogP contribution in [0, 0.1) is 6.92 Å². The summed E-state index contributed by atoms with van der Waals surface area (Å²) < 4.78 is 27.9. The summed E-state index contributed by atoms with van der Waals surface area (Å²) in [5, 5.41) is 2.46. The molecule has 33 heavy (non-hydrogen) atoms. The first kappa shape index (κ1) is 23.4. The lowest BCUT2D eigenvalue weighted by molar-refractivity contribution is 0.0989. The van der Waals surface area contributed by atoms with Crippen LogP contribution in [0.5, 0.6) is 0 Å². The molecule has 2 aromatic carbocycles. The first-order chi connectivity index (χ1) is 15.9. The van der Waals surface area contributed by atoms with Gasteiger partial charge in [-0.25, -0.2) is 13.4 Å². The van der Waals surface area contributed by atoms with Crippen LogP contribution in [-0.4, -0.2) is 43.2 Å². The number of hydrogen-bond donors (Lipinski definition) is 0. The Morgan fingerprint density at radius 2 is 1.88 bits per heavy atom. The van der Waals surface area contributed by atoms with Crippen molar-refractivity contribution >= 4 is 32.4 Å². The normalized spacial score (nSPS) is 14.7. The summed E-state index contributed by atoms with van der Waals surface area (Å²) in [7, 11) is -3.64. The number of aromatic nitrogens is 1. The Bertz CT molecular complexity index is 1250. The number of piperidine rings is 1. The monoisotopic (exact) mass is 481 g/mol. The van der Waals surface area contributed by atoms with Crippen LogP contribution in [-0.2, 0) is 10.0 Å². The molecule has 1 fully saturated rings. The van der Waals surface area contributed by atoms with Crippen molar-refractivity contribution in [1.29, 1.82) is 0 Å². The standard InChI is InChI=1S/C25H27N3O3S2/c1-3-14-28(25-26-23(18-32-25)20-10-6-4-7-11-20)24(29)22-17-21(13-12-19(22)2)33(30,31)27-15-8-5-9-16-27/h3-4,6-7,10-13,17-18H,1,5,8-9,14-16H2,2H3. The molecule has 1 amide bonds. The molecule has 1 aliphatic rings. The minimum absolute atomic E-state index is 0.154. The van der Waals surface area contributed by atoms with Gasteiger partial charge in [-0.2, -0.15) is 4.31 Å². The van der Waals surface area contributed by atoms with Crippen LogP contribution in [0.25, 0.3) is 11.3 Å². The fraction of sp³-hybridized carbons (Fsp3) is 0.280. The number of hydrogen-bond acceptors (Lipinski definition) is 5. The fourth-order valence-corrected chi connectivity index (χ4v) is 6.28. The molecule has 0 radical (unpaired) electrons. The molecule has 0 aliphatic carbocycles. The second kappa shape index (κ2) is 9.99. The molecule has 1 aliphatic heterocycles. The van der Waals surface area contributed by atoms with Gasteiger partial charge in [-0.15, -0.1) is 17.9 Å². The van der Waals surface area contributed by atoms with Crippen LogP contribution < -0.4 is 4.90 Å². The van der Waals surface area contributed by atoms with E-state index in [0.29, 0.717) is 29.3 Å². The maximum absolute atomic E-state index is 13.6. The van der Waals surface area contributed by atoms with Crippen LogP contribution in [0.2, 0.25) is 0 Å². The molecule has 6 nitrogen and oxygen atoms in total. The van der Waals surface area contributed by atoms with Crippen LogP contribution in [0.15, 0.2) is 71.5 Å². The zero-order valence-electron chi connectivity index (χ0n) is 18.6. The number of aryl methyl sites for hydroxylation is 1. The van der Waals surface area contributed by atoms with E-state index in [9.17, 15) is 13.2 Å². The summed E-state index contributed by atoms with van der Waals surface area (Å²) in [6, 6.07) is 14.6. The van der Waals surface area contributed by atoms with Gasteiger partial charge in [0.05, 0.1) is 10.6 Å². The second-order valence-electron chi connectivity index (χ2n) is 8.03. The number of benzene rings is 2. The molecule has 1 saturated heterocycles. The molecule has 0 saturated carbocycles. The molecule has 0 N–H and O–H groups in total. The Morgan fingerprint density at radius 3 is 2.58 bits per heavy atom. The van der Waals surface area contributed by atoms with E-state index in [2.05, 4.69) is 11.6 Å². The van der Waals surface area contributed by atoms with Crippen molar-refractivity contribution in [2.45, 2.75) is 31.1 Å². The largest absolute Gasteiger partial charge is 0.280 e. The maximum atomic E-state index is 13.6. The van der Waals surface area contributed by atoms with Gasteiger partial charge in [-0.3, -0.25) is 9.69 Å². The van der Waals surface area contributed by atoms with E-state index >= 15 is 0 Å². The molecule has 1 aromatic heterocycles. The van der Waals surface area contributed by atoms with Crippen LogP contribution >= 0.6 is 11.3 Å². The third-order valence-corrected chi connectivity index (χ3v) is 8.50. The minimum atomic E-state index is -3.64. The number of anilines is 1. The van der Waals surface area contributed by atoms with Gasteiger partial charge in [-0.1, -0.05) is 48.9 Å². The highest BCUT2D eigenvalue weighted by atomic mass is 32.2. The smallest absolute Gasteiger partial charge is 0.260 e. The quantitative estimate of drug-likeness (QED) is 0.439. The number of carbonyl (C=O) groups excluding carboxylic acids is 1. The van der Waals surface area contributed by atoms with Crippen molar-refractivity contribution in [2.75, 3.05) is 24.5 Å². The van der Waals surface area contributed by atoms with Crippen LogP contribution in [0.1, 0.15) is 35.2 Å². The lowest BCUT2D eigenvalue weighted by Crippen LogP contribution is -2.36. The summed E-state index contributed by atoms with van der Waals surface area (Å²) in [6.07, 6.45) is 4.40. The Kier molecular flexibility index (Phi) is 7.07. The van der Waals surface area contributed by atoms with Gasteiger partial charge in [0.2, 0.25) is 10.0 Å².